The molecule has 2 aromatic rings. The van der Waals surface area contributed by atoms with E-state index in [-0.39, 0.29) is 18.1 Å². The molecule has 5 nitrogen and oxygen atoms in total. The van der Waals surface area contributed by atoms with Gasteiger partial charge in [-0.3, -0.25) is 9.78 Å². The van der Waals surface area contributed by atoms with Crippen LogP contribution in [-0.4, -0.2) is 44.9 Å². The molecule has 2 rings (SSSR count). The van der Waals surface area contributed by atoms with Gasteiger partial charge in [0.1, 0.15) is 0 Å². The predicted molar refractivity (Wildman–Crippen MR) is 96.7 cm³/mol. The number of anilines is 1. The largest absolute Gasteiger partial charge is 0.389 e. The number of halogens is 3. The van der Waals surface area contributed by atoms with Gasteiger partial charge in [-0.2, -0.15) is 30.0 Å². The molecule has 0 radical (unpaired) electrons. The maximum Gasteiger partial charge on any atom is 0.389 e. The van der Waals surface area contributed by atoms with Crippen LogP contribution in [0.5, 0.6) is 0 Å². The van der Waals surface area contributed by atoms with Crippen LogP contribution >= 0.6 is 11.8 Å². The number of nitrogens with zero attached hydrogens (tertiary/aromatic N) is 4. The monoisotopic (exact) mass is 386 g/mol. The number of carbonyl (C=O) groups excluding carboxylic acids is 1. The average molecular weight is 386 g/mol. The lowest BCUT2D eigenvalue weighted by Crippen LogP contribution is -2.31. The van der Waals surface area contributed by atoms with E-state index in [1.165, 1.54) is 0 Å². The third-order valence-electron chi connectivity index (χ3n) is 3.68. The zero-order valence-electron chi connectivity index (χ0n) is 14.7. The number of aromatic nitrogens is 3. The second-order valence-electron chi connectivity index (χ2n) is 5.62. The fourth-order valence-electron chi connectivity index (χ4n) is 2.40. The standard InChI is InChI=1S/C17H21F3N4OS/c1-3-23(16(25)6-9-26-10-7-17(18,19)20)15-12-24(22-13(15)2)14-5-4-8-21-11-14/h4-5,8,11-12H,3,6-7,9-10H2,1-2H3. The van der Waals surface area contributed by atoms with Crippen molar-refractivity contribution in [3.05, 3.63) is 36.4 Å². The van der Waals surface area contributed by atoms with E-state index in [2.05, 4.69) is 10.1 Å². The molecule has 0 aliphatic heterocycles. The Labute approximate surface area is 154 Å². The summed E-state index contributed by atoms with van der Waals surface area (Å²) < 4.78 is 38.0. The zero-order chi connectivity index (χ0) is 19.2. The van der Waals surface area contributed by atoms with Crippen molar-refractivity contribution < 1.29 is 18.0 Å². The van der Waals surface area contributed by atoms with E-state index >= 15 is 0 Å². The summed E-state index contributed by atoms with van der Waals surface area (Å²) in [5, 5.41) is 4.42. The first-order valence-corrected chi connectivity index (χ1v) is 9.39. The highest BCUT2D eigenvalue weighted by Gasteiger charge is 2.26. The Morgan fingerprint density at radius 2 is 2.12 bits per heavy atom. The van der Waals surface area contributed by atoms with Gasteiger partial charge >= 0.3 is 6.18 Å². The van der Waals surface area contributed by atoms with Crippen LogP contribution in [0.2, 0.25) is 0 Å². The van der Waals surface area contributed by atoms with Crippen molar-refractivity contribution in [1.29, 1.82) is 0 Å². The fourth-order valence-corrected chi connectivity index (χ4v) is 3.30. The van der Waals surface area contributed by atoms with Gasteiger partial charge < -0.3 is 4.90 Å². The van der Waals surface area contributed by atoms with Gasteiger partial charge in [-0.15, -0.1) is 0 Å². The molecular weight excluding hydrogens is 365 g/mol. The third-order valence-corrected chi connectivity index (χ3v) is 4.67. The van der Waals surface area contributed by atoms with E-state index < -0.39 is 12.6 Å². The smallest absolute Gasteiger partial charge is 0.310 e. The second kappa shape index (κ2) is 9.07. The number of carbonyl (C=O) groups is 1. The van der Waals surface area contributed by atoms with Crippen molar-refractivity contribution in [1.82, 2.24) is 14.8 Å². The Bertz CT molecular complexity index is 719. The number of hydrogen-bond acceptors (Lipinski definition) is 4. The van der Waals surface area contributed by atoms with E-state index in [4.69, 9.17) is 0 Å². The molecule has 0 unspecified atom stereocenters. The highest BCUT2D eigenvalue weighted by molar-refractivity contribution is 7.99. The van der Waals surface area contributed by atoms with Crippen LogP contribution in [0, 0.1) is 6.92 Å². The van der Waals surface area contributed by atoms with E-state index in [1.807, 2.05) is 19.9 Å². The average Bonchev–Trinajstić information content (AvgIpc) is 2.97. The van der Waals surface area contributed by atoms with Crippen molar-refractivity contribution in [2.24, 2.45) is 0 Å². The first-order valence-electron chi connectivity index (χ1n) is 8.23. The van der Waals surface area contributed by atoms with Crippen molar-refractivity contribution in [3.63, 3.8) is 0 Å². The van der Waals surface area contributed by atoms with Crippen LogP contribution in [0.15, 0.2) is 30.7 Å². The Hall–Kier alpha value is -2.03. The summed E-state index contributed by atoms with van der Waals surface area (Å²) in [5.74, 6) is 0.211. The number of hydrogen-bond donors (Lipinski definition) is 0. The molecule has 0 aromatic carbocycles. The van der Waals surface area contributed by atoms with Gasteiger partial charge in [-0.05, 0) is 26.0 Å². The number of amides is 1. The molecule has 9 heteroatoms. The summed E-state index contributed by atoms with van der Waals surface area (Å²) in [5.41, 5.74) is 2.18. The van der Waals surface area contributed by atoms with Crippen LogP contribution in [0.3, 0.4) is 0 Å². The molecule has 0 atom stereocenters. The van der Waals surface area contributed by atoms with Crippen LogP contribution in [-0.2, 0) is 4.79 Å². The fraction of sp³-hybridized carbons (Fsp3) is 0.471. The van der Waals surface area contributed by atoms with Gasteiger partial charge in [0, 0.05) is 30.7 Å². The van der Waals surface area contributed by atoms with E-state index in [9.17, 15) is 18.0 Å². The van der Waals surface area contributed by atoms with Crippen LogP contribution < -0.4 is 4.90 Å². The minimum atomic E-state index is -4.15. The lowest BCUT2D eigenvalue weighted by atomic mass is 10.3. The van der Waals surface area contributed by atoms with E-state index in [0.717, 1.165) is 17.4 Å². The Morgan fingerprint density at radius 1 is 1.35 bits per heavy atom. The molecular formula is C17H21F3N4OS. The van der Waals surface area contributed by atoms with Crippen molar-refractivity contribution in [2.45, 2.75) is 32.9 Å². The van der Waals surface area contributed by atoms with Gasteiger partial charge in [0.25, 0.3) is 0 Å². The zero-order valence-corrected chi connectivity index (χ0v) is 15.5. The molecule has 2 aromatic heterocycles. The molecule has 0 aliphatic rings. The summed E-state index contributed by atoms with van der Waals surface area (Å²) >= 11 is 1.14. The third kappa shape index (κ3) is 5.76. The normalized spacial score (nSPS) is 11.6. The summed E-state index contributed by atoms with van der Waals surface area (Å²) in [6.45, 7) is 4.14. The Balaban J connectivity index is 1.97. The highest BCUT2D eigenvalue weighted by atomic mass is 32.2. The topological polar surface area (TPSA) is 51.0 Å². The minimum Gasteiger partial charge on any atom is -0.310 e. The number of thioether (sulfide) groups is 1. The second-order valence-corrected chi connectivity index (χ2v) is 6.85. The molecule has 142 valence electrons. The molecule has 1 amide bonds. The molecule has 0 saturated carbocycles. The SMILES string of the molecule is CCN(C(=O)CCSCCC(F)(F)F)c1cn(-c2cccnc2)nc1C. The number of pyridine rings is 1. The number of alkyl halides is 3. The molecule has 0 fully saturated rings. The van der Waals surface area contributed by atoms with Crippen LogP contribution in [0.4, 0.5) is 18.9 Å². The lowest BCUT2D eigenvalue weighted by molar-refractivity contribution is -0.129. The van der Waals surface area contributed by atoms with Gasteiger partial charge in [0.05, 0.1) is 35.9 Å². The number of aryl methyl sites for hydroxylation is 1. The van der Waals surface area contributed by atoms with Gasteiger partial charge in [0.2, 0.25) is 5.91 Å². The van der Waals surface area contributed by atoms with Crippen LogP contribution in [0.25, 0.3) is 5.69 Å². The maximum absolute atomic E-state index is 12.5. The molecule has 0 N–H and O–H groups in total. The summed E-state index contributed by atoms with van der Waals surface area (Å²) in [6.07, 6.45) is 0.313. The van der Waals surface area contributed by atoms with Crippen molar-refractivity contribution in [3.8, 4) is 5.69 Å². The predicted octanol–water partition coefficient (Wildman–Crippen LogP) is 4.00. The molecule has 26 heavy (non-hydrogen) atoms. The molecule has 0 spiro atoms. The van der Waals surface area contributed by atoms with E-state index in [0.29, 0.717) is 23.7 Å². The minimum absolute atomic E-state index is 0.0269. The van der Waals surface area contributed by atoms with Gasteiger partial charge in [-0.25, -0.2) is 4.68 Å². The van der Waals surface area contributed by atoms with E-state index in [1.54, 1.807) is 34.2 Å². The summed E-state index contributed by atoms with van der Waals surface area (Å²) in [7, 11) is 0. The first-order chi connectivity index (χ1) is 12.3. The first kappa shape index (κ1) is 20.3. The summed E-state index contributed by atoms with van der Waals surface area (Å²) in [4.78, 5) is 18.1. The van der Waals surface area contributed by atoms with Crippen molar-refractivity contribution in [2.75, 3.05) is 23.0 Å². The van der Waals surface area contributed by atoms with Crippen LogP contribution in [0.1, 0.15) is 25.5 Å². The Kier molecular flexibility index (Phi) is 7.07. The molecule has 0 saturated heterocycles. The van der Waals surface area contributed by atoms with Crippen molar-refractivity contribution >= 4 is 23.4 Å². The highest BCUT2D eigenvalue weighted by Crippen LogP contribution is 2.24. The lowest BCUT2D eigenvalue weighted by Gasteiger charge is -2.20. The number of rotatable bonds is 8. The molecule has 0 bridgehead atoms. The Morgan fingerprint density at radius 3 is 2.73 bits per heavy atom. The molecule has 0 aliphatic carbocycles. The van der Waals surface area contributed by atoms with Gasteiger partial charge in [0.15, 0.2) is 0 Å². The van der Waals surface area contributed by atoms with Gasteiger partial charge in [-0.1, -0.05) is 0 Å². The summed E-state index contributed by atoms with van der Waals surface area (Å²) in [6, 6.07) is 3.66. The quantitative estimate of drug-likeness (QED) is 0.644. The molecule has 2 heterocycles. The maximum atomic E-state index is 12.5.